The third kappa shape index (κ3) is 5.47. The molecule has 2 aromatic carbocycles. The highest BCUT2D eigenvalue weighted by Gasteiger charge is 2.15. The molecule has 0 aromatic heterocycles. The zero-order chi connectivity index (χ0) is 19.1. The molecule has 0 bridgehead atoms. The number of ether oxygens (including phenoxy) is 1. The van der Waals surface area contributed by atoms with Crippen molar-refractivity contribution in [1.82, 2.24) is 4.90 Å². The van der Waals surface area contributed by atoms with E-state index in [0.29, 0.717) is 12.3 Å². The standard InChI is InChI=1S/C18H21N3O4S/c1-20(11-13-4-7-15(26-3)8-5-13)12-18(22)19-16-10-14(21(23)24)6-9-17(16)25-2/h4-10H,11-12H2,1-3H3,(H,19,22). The summed E-state index contributed by atoms with van der Waals surface area (Å²) < 4.78 is 5.15. The van der Waals surface area contributed by atoms with Crippen molar-refractivity contribution in [2.24, 2.45) is 0 Å². The summed E-state index contributed by atoms with van der Waals surface area (Å²) in [4.78, 5) is 25.7. The number of nitro groups is 1. The van der Waals surface area contributed by atoms with Crippen molar-refractivity contribution in [1.29, 1.82) is 0 Å². The van der Waals surface area contributed by atoms with Gasteiger partial charge in [0.05, 0.1) is 24.3 Å². The van der Waals surface area contributed by atoms with Gasteiger partial charge in [0.15, 0.2) is 0 Å². The van der Waals surface area contributed by atoms with Gasteiger partial charge in [0, 0.05) is 23.6 Å². The molecule has 2 rings (SSSR count). The molecule has 0 saturated carbocycles. The lowest BCUT2D eigenvalue weighted by atomic mass is 10.2. The van der Waals surface area contributed by atoms with E-state index in [1.54, 1.807) is 11.8 Å². The second kappa shape index (κ2) is 9.21. The number of hydrogen-bond donors (Lipinski definition) is 1. The summed E-state index contributed by atoms with van der Waals surface area (Å²) in [6, 6.07) is 12.2. The summed E-state index contributed by atoms with van der Waals surface area (Å²) in [5, 5.41) is 13.6. The van der Waals surface area contributed by atoms with Gasteiger partial charge in [-0.1, -0.05) is 12.1 Å². The van der Waals surface area contributed by atoms with Gasteiger partial charge in [0.2, 0.25) is 5.91 Å². The van der Waals surface area contributed by atoms with Gasteiger partial charge in [0.1, 0.15) is 5.75 Å². The molecular formula is C18H21N3O4S. The SMILES string of the molecule is COc1ccc([N+](=O)[O-])cc1NC(=O)CN(C)Cc1ccc(SC)cc1. The number of likely N-dealkylation sites (N-methyl/N-ethyl adjacent to an activating group) is 1. The molecule has 138 valence electrons. The zero-order valence-electron chi connectivity index (χ0n) is 14.9. The highest BCUT2D eigenvalue weighted by atomic mass is 32.2. The molecule has 2 aromatic rings. The summed E-state index contributed by atoms with van der Waals surface area (Å²) in [5.74, 6) is 0.103. The number of rotatable bonds is 8. The Labute approximate surface area is 156 Å². The van der Waals surface area contributed by atoms with Crippen LogP contribution in [-0.4, -0.2) is 42.7 Å². The summed E-state index contributed by atoms with van der Waals surface area (Å²) >= 11 is 1.68. The largest absolute Gasteiger partial charge is 0.495 e. The molecule has 0 spiro atoms. The zero-order valence-corrected chi connectivity index (χ0v) is 15.7. The van der Waals surface area contributed by atoms with E-state index in [4.69, 9.17) is 4.74 Å². The number of methoxy groups -OCH3 is 1. The predicted molar refractivity (Wildman–Crippen MR) is 103 cm³/mol. The second-order valence-electron chi connectivity index (χ2n) is 5.71. The monoisotopic (exact) mass is 375 g/mol. The summed E-state index contributed by atoms with van der Waals surface area (Å²) in [5.41, 5.74) is 1.28. The van der Waals surface area contributed by atoms with Crippen LogP contribution in [0.25, 0.3) is 0 Å². The van der Waals surface area contributed by atoms with Crippen LogP contribution in [0, 0.1) is 10.1 Å². The van der Waals surface area contributed by atoms with Crippen LogP contribution >= 0.6 is 11.8 Å². The molecule has 1 amide bonds. The molecule has 0 aliphatic rings. The van der Waals surface area contributed by atoms with Crippen LogP contribution in [0.4, 0.5) is 11.4 Å². The fraction of sp³-hybridized carbons (Fsp3) is 0.278. The molecular weight excluding hydrogens is 354 g/mol. The van der Waals surface area contributed by atoms with E-state index in [1.165, 1.54) is 30.2 Å². The predicted octanol–water partition coefficient (Wildman–Crippen LogP) is 3.40. The van der Waals surface area contributed by atoms with Crippen molar-refractivity contribution in [2.75, 3.05) is 32.3 Å². The third-order valence-electron chi connectivity index (χ3n) is 3.69. The maximum atomic E-state index is 12.3. The fourth-order valence-electron chi connectivity index (χ4n) is 2.44. The van der Waals surface area contributed by atoms with Gasteiger partial charge in [-0.05, 0) is 37.1 Å². The van der Waals surface area contributed by atoms with E-state index >= 15 is 0 Å². The van der Waals surface area contributed by atoms with E-state index in [1.807, 2.05) is 42.5 Å². The van der Waals surface area contributed by atoms with Crippen molar-refractivity contribution in [3.63, 3.8) is 0 Å². The Kier molecular flexibility index (Phi) is 6.99. The van der Waals surface area contributed by atoms with Crippen molar-refractivity contribution in [3.8, 4) is 5.75 Å². The summed E-state index contributed by atoms with van der Waals surface area (Å²) in [6.07, 6.45) is 2.02. The van der Waals surface area contributed by atoms with Crippen LogP contribution in [0.2, 0.25) is 0 Å². The van der Waals surface area contributed by atoms with Gasteiger partial charge in [-0.15, -0.1) is 11.8 Å². The first-order valence-corrected chi connectivity index (χ1v) is 9.09. The maximum absolute atomic E-state index is 12.3. The molecule has 7 nitrogen and oxygen atoms in total. The van der Waals surface area contributed by atoms with E-state index < -0.39 is 4.92 Å². The summed E-state index contributed by atoms with van der Waals surface area (Å²) in [7, 11) is 3.29. The smallest absolute Gasteiger partial charge is 0.271 e. The molecule has 0 fully saturated rings. The number of benzene rings is 2. The lowest BCUT2D eigenvalue weighted by Gasteiger charge is -2.17. The molecule has 8 heteroatoms. The van der Waals surface area contributed by atoms with E-state index in [0.717, 1.165) is 5.56 Å². The highest BCUT2D eigenvalue weighted by molar-refractivity contribution is 7.98. The number of nitro benzene ring substituents is 1. The van der Waals surface area contributed by atoms with Gasteiger partial charge in [-0.25, -0.2) is 0 Å². The highest BCUT2D eigenvalue weighted by Crippen LogP contribution is 2.28. The molecule has 1 N–H and O–H groups in total. The minimum absolute atomic E-state index is 0.108. The van der Waals surface area contributed by atoms with Crippen molar-refractivity contribution in [2.45, 2.75) is 11.4 Å². The maximum Gasteiger partial charge on any atom is 0.271 e. The Balaban J connectivity index is 1.98. The quantitative estimate of drug-likeness (QED) is 0.432. The Bertz CT molecular complexity index is 781. The van der Waals surface area contributed by atoms with Crippen molar-refractivity contribution >= 4 is 29.0 Å². The molecule has 26 heavy (non-hydrogen) atoms. The van der Waals surface area contributed by atoms with Gasteiger partial charge < -0.3 is 10.1 Å². The first-order valence-electron chi connectivity index (χ1n) is 7.86. The van der Waals surface area contributed by atoms with Gasteiger partial charge in [0.25, 0.3) is 5.69 Å². The summed E-state index contributed by atoms with van der Waals surface area (Å²) in [6.45, 7) is 0.768. The van der Waals surface area contributed by atoms with E-state index in [2.05, 4.69) is 5.32 Å². The Hall–Kier alpha value is -2.58. The van der Waals surface area contributed by atoms with Crippen LogP contribution in [0.1, 0.15) is 5.56 Å². The number of non-ortho nitro benzene ring substituents is 1. The number of nitrogens with zero attached hydrogens (tertiary/aromatic N) is 2. The molecule has 0 heterocycles. The number of nitrogens with one attached hydrogen (secondary N) is 1. The lowest BCUT2D eigenvalue weighted by molar-refractivity contribution is -0.384. The molecule has 0 radical (unpaired) electrons. The van der Waals surface area contributed by atoms with Crippen LogP contribution in [0.3, 0.4) is 0 Å². The van der Waals surface area contributed by atoms with Crippen molar-refractivity contribution in [3.05, 3.63) is 58.1 Å². The first kappa shape index (κ1) is 19.7. The normalized spacial score (nSPS) is 10.6. The second-order valence-corrected chi connectivity index (χ2v) is 6.59. The van der Waals surface area contributed by atoms with Crippen LogP contribution in [0.5, 0.6) is 5.75 Å². The third-order valence-corrected chi connectivity index (χ3v) is 4.44. The average Bonchev–Trinajstić information content (AvgIpc) is 2.62. The Morgan fingerprint density at radius 2 is 1.96 bits per heavy atom. The topological polar surface area (TPSA) is 84.7 Å². The molecule has 0 aliphatic carbocycles. The minimum Gasteiger partial charge on any atom is -0.495 e. The van der Waals surface area contributed by atoms with E-state index in [-0.39, 0.29) is 23.8 Å². The number of carbonyl (C=O) groups is 1. The Morgan fingerprint density at radius 3 is 2.54 bits per heavy atom. The first-order chi connectivity index (χ1) is 12.4. The van der Waals surface area contributed by atoms with E-state index in [9.17, 15) is 14.9 Å². The number of thioether (sulfide) groups is 1. The van der Waals surface area contributed by atoms with Crippen LogP contribution < -0.4 is 10.1 Å². The molecule has 0 aliphatic heterocycles. The Morgan fingerprint density at radius 1 is 1.27 bits per heavy atom. The number of hydrogen-bond acceptors (Lipinski definition) is 6. The van der Waals surface area contributed by atoms with Crippen molar-refractivity contribution < 1.29 is 14.5 Å². The minimum atomic E-state index is -0.514. The van der Waals surface area contributed by atoms with Gasteiger partial charge in [-0.2, -0.15) is 0 Å². The van der Waals surface area contributed by atoms with Gasteiger partial charge >= 0.3 is 0 Å². The van der Waals surface area contributed by atoms with Crippen LogP contribution in [-0.2, 0) is 11.3 Å². The number of anilines is 1. The van der Waals surface area contributed by atoms with Gasteiger partial charge in [-0.3, -0.25) is 19.8 Å². The molecule has 0 atom stereocenters. The fourth-order valence-corrected chi connectivity index (χ4v) is 2.85. The molecule has 0 saturated heterocycles. The average molecular weight is 375 g/mol. The number of amides is 1. The van der Waals surface area contributed by atoms with Crippen LogP contribution in [0.15, 0.2) is 47.4 Å². The molecule has 0 unspecified atom stereocenters. The number of carbonyl (C=O) groups excluding carboxylic acids is 1. The lowest BCUT2D eigenvalue weighted by Crippen LogP contribution is -2.30.